The fourth-order valence-corrected chi connectivity index (χ4v) is 4.83. The Kier molecular flexibility index (Phi) is 5.57. The number of morpholine rings is 1. The van der Waals surface area contributed by atoms with Crippen molar-refractivity contribution in [2.45, 2.75) is 31.7 Å². The van der Waals surface area contributed by atoms with Crippen LogP contribution in [0.2, 0.25) is 0 Å². The van der Waals surface area contributed by atoms with Gasteiger partial charge in [-0.05, 0) is 18.9 Å². The van der Waals surface area contributed by atoms with Crippen molar-refractivity contribution in [3.05, 3.63) is 24.3 Å². The number of ether oxygens (including phenoxy) is 1. The maximum atomic E-state index is 13.0. The summed E-state index contributed by atoms with van der Waals surface area (Å²) >= 11 is 0. The molecular formula is C22H27N7O2. The molecule has 3 aromatic heterocycles. The van der Waals surface area contributed by atoms with Gasteiger partial charge in [-0.1, -0.05) is 0 Å². The molecule has 1 N–H and O–H groups in total. The van der Waals surface area contributed by atoms with Crippen molar-refractivity contribution >= 4 is 28.0 Å². The lowest BCUT2D eigenvalue weighted by molar-refractivity contribution is -0.134. The number of fused-ring (bicyclic) bond motifs is 3. The van der Waals surface area contributed by atoms with Gasteiger partial charge in [-0.15, -0.1) is 0 Å². The van der Waals surface area contributed by atoms with Gasteiger partial charge in [-0.2, -0.15) is 5.26 Å². The molecule has 31 heavy (non-hydrogen) atoms. The number of nitrogens with one attached hydrogen (secondary N) is 1. The van der Waals surface area contributed by atoms with Crippen LogP contribution < -0.4 is 0 Å². The van der Waals surface area contributed by atoms with E-state index >= 15 is 0 Å². The third-order valence-electron chi connectivity index (χ3n) is 6.44. The number of aromatic amines is 1. The number of imidazole rings is 1. The second-order valence-electron chi connectivity index (χ2n) is 8.28. The molecule has 5 rings (SSSR count). The Bertz CT molecular complexity index is 1110. The Morgan fingerprint density at radius 2 is 2.06 bits per heavy atom. The zero-order valence-electron chi connectivity index (χ0n) is 17.6. The van der Waals surface area contributed by atoms with Crippen LogP contribution in [-0.4, -0.2) is 81.2 Å². The van der Waals surface area contributed by atoms with Crippen molar-refractivity contribution < 1.29 is 9.53 Å². The van der Waals surface area contributed by atoms with Crippen LogP contribution in [0.15, 0.2) is 18.5 Å². The number of carbonyl (C=O) groups is 1. The standard InChI is InChI=1S/C22H27N7O2/c23-5-1-7-27-8-3-16(4-9-27)29-19(14-20(30)28-10-12-31-13-11-28)26-18-15-25-22-17(21(18)29)2-6-24-22/h2,6,15-16H,1,3-4,7-14H2,(H,24,25). The highest BCUT2D eigenvalue weighted by molar-refractivity contribution is 6.01. The predicted molar refractivity (Wildman–Crippen MR) is 115 cm³/mol. The van der Waals surface area contributed by atoms with E-state index in [1.165, 1.54) is 0 Å². The number of carbonyl (C=O) groups excluding carboxylic acids is 1. The molecule has 0 unspecified atom stereocenters. The summed E-state index contributed by atoms with van der Waals surface area (Å²) in [5, 5.41) is 9.93. The summed E-state index contributed by atoms with van der Waals surface area (Å²) in [6, 6.07) is 4.55. The summed E-state index contributed by atoms with van der Waals surface area (Å²) in [6.45, 7) is 5.19. The number of nitriles is 1. The Morgan fingerprint density at radius 1 is 1.26 bits per heavy atom. The van der Waals surface area contributed by atoms with Gasteiger partial charge >= 0.3 is 0 Å². The van der Waals surface area contributed by atoms with Gasteiger partial charge in [-0.25, -0.2) is 9.97 Å². The highest BCUT2D eigenvalue weighted by Gasteiger charge is 2.28. The minimum absolute atomic E-state index is 0.101. The van der Waals surface area contributed by atoms with Gasteiger partial charge in [0.15, 0.2) is 0 Å². The normalized spacial score (nSPS) is 18.6. The van der Waals surface area contributed by atoms with Crippen LogP contribution in [0.1, 0.15) is 31.1 Å². The summed E-state index contributed by atoms with van der Waals surface area (Å²) in [7, 11) is 0. The van der Waals surface area contributed by atoms with Crippen molar-refractivity contribution in [3.63, 3.8) is 0 Å². The first-order valence-corrected chi connectivity index (χ1v) is 11.0. The molecule has 0 atom stereocenters. The van der Waals surface area contributed by atoms with E-state index in [4.69, 9.17) is 15.0 Å². The molecule has 0 radical (unpaired) electrons. The lowest BCUT2D eigenvalue weighted by Crippen LogP contribution is -2.42. The molecule has 2 fully saturated rings. The minimum Gasteiger partial charge on any atom is -0.378 e. The second kappa shape index (κ2) is 8.65. The van der Waals surface area contributed by atoms with Gasteiger partial charge in [0, 0.05) is 56.8 Å². The maximum absolute atomic E-state index is 13.0. The van der Waals surface area contributed by atoms with E-state index in [1.807, 2.05) is 17.2 Å². The number of hydrogen-bond donors (Lipinski definition) is 1. The van der Waals surface area contributed by atoms with Gasteiger partial charge in [0.05, 0.1) is 37.4 Å². The molecule has 0 aliphatic carbocycles. The lowest BCUT2D eigenvalue weighted by atomic mass is 10.0. The number of amides is 1. The van der Waals surface area contributed by atoms with E-state index in [0.717, 1.165) is 60.4 Å². The number of rotatable bonds is 5. The smallest absolute Gasteiger partial charge is 0.230 e. The largest absolute Gasteiger partial charge is 0.378 e. The van der Waals surface area contributed by atoms with E-state index < -0.39 is 0 Å². The maximum Gasteiger partial charge on any atom is 0.230 e. The zero-order chi connectivity index (χ0) is 21.2. The van der Waals surface area contributed by atoms with Crippen LogP contribution in [0.25, 0.3) is 22.1 Å². The monoisotopic (exact) mass is 421 g/mol. The van der Waals surface area contributed by atoms with E-state index in [0.29, 0.717) is 32.7 Å². The van der Waals surface area contributed by atoms with Crippen LogP contribution in [0.5, 0.6) is 0 Å². The fourth-order valence-electron chi connectivity index (χ4n) is 4.83. The third-order valence-corrected chi connectivity index (χ3v) is 6.44. The van der Waals surface area contributed by atoms with Crippen LogP contribution in [-0.2, 0) is 16.0 Å². The quantitative estimate of drug-likeness (QED) is 0.675. The number of likely N-dealkylation sites (tertiary alicyclic amines) is 1. The zero-order valence-corrected chi connectivity index (χ0v) is 17.6. The van der Waals surface area contributed by atoms with Crippen LogP contribution in [0.3, 0.4) is 0 Å². The molecule has 9 nitrogen and oxygen atoms in total. The van der Waals surface area contributed by atoms with Crippen molar-refractivity contribution in [3.8, 4) is 6.07 Å². The molecule has 2 aliphatic rings. The topological polar surface area (TPSA) is 103 Å². The molecule has 3 aromatic rings. The van der Waals surface area contributed by atoms with Crippen LogP contribution in [0.4, 0.5) is 0 Å². The van der Waals surface area contributed by atoms with Crippen molar-refractivity contribution in [1.29, 1.82) is 5.26 Å². The number of pyridine rings is 1. The first-order valence-electron chi connectivity index (χ1n) is 11.0. The minimum atomic E-state index is 0.101. The summed E-state index contributed by atoms with van der Waals surface area (Å²) < 4.78 is 7.69. The Labute approximate surface area is 180 Å². The Balaban J connectivity index is 1.48. The average Bonchev–Trinajstić information content (AvgIpc) is 3.42. The number of hydrogen-bond acceptors (Lipinski definition) is 6. The van der Waals surface area contributed by atoms with E-state index in [-0.39, 0.29) is 18.4 Å². The number of nitrogens with zero attached hydrogens (tertiary/aromatic N) is 6. The number of piperidine rings is 1. The van der Waals surface area contributed by atoms with Gasteiger partial charge < -0.3 is 24.1 Å². The molecule has 9 heteroatoms. The van der Waals surface area contributed by atoms with Gasteiger partial charge in [0.25, 0.3) is 0 Å². The van der Waals surface area contributed by atoms with Crippen molar-refractivity contribution in [2.75, 3.05) is 45.9 Å². The lowest BCUT2D eigenvalue weighted by Gasteiger charge is -2.33. The van der Waals surface area contributed by atoms with Crippen LogP contribution >= 0.6 is 0 Å². The highest BCUT2D eigenvalue weighted by atomic mass is 16.5. The first kappa shape index (κ1) is 20.0. The first-order chi connectivity index (χ1) is 15.2. The second-order valence-corrected chi connectivity index (χ2v) is 8.28. The summed E-state index contributed by atoms with van der Waals surface area (Å²) in [6.07, 6.45) is 6.50. The molecule has 5 heterocycles. The predicted octanol–water partition coefficient (Wildman–Crippen LogP) is 1.86. The molecule has 0 saturated carbocycles. The SMILES string of the molecule is N#CCCN1CCC(n2c(CC(=O)N3CCOCC3)nc3cnc4[nH]ccc4c32)CC1. The van der Waals surface area contributed by atoms with E-state index in [1.54, 1.807) is 6.20 Å². The molecule has 0 aromatic carbocycles. The molecule has 162 valence electrons. The molecule has 0 bridgehead atoms. The number of aromatic nitrogens is 4. The summed E-state index contributed by atoms with van der Waals surface area (Å²) in [4.78, 5) is 29.8. The third kappa shape index (κ3) is 3.89. The van der Waals surface area contributed by atoms with E-state index in [9.17, 15) is 4.79 Å². The average molecular weight is 422 g/mol. The van der Waals surface area contributed by atoms with Crippen LogP contribution in [0, 0.1) is 11.3 Å². The molecule has 0 spiro atoms. The number of H-pyrrole nitrogens is 1. The fraction of sp³-hybridized carbons (Fsp3) is 0.545. The van der Waals surface area contributed by atoms with Gasteiger partial charge in [-0.3, -0.25) is 4.79 Å². The molecule has 1 amide bonds. The van der Waals surface area contributed by atoms with Gasteiger partial charge in [0.1, 0.15) is 17.0 Å². The molecular weight excluding hydrogens is 394 g/mol. The van der Waals surface area contributed by atoms with Crippen molar-refractivity contribution in [1.82, 2.24) is 29.3 Å². The Morgan fingerprint density at radius 3 is 2.84 bits per heavy atom. The van der Waals surface area contributed by atoms with Crippen molar-refractivity contribution in [2.24, 2.45) is 0 Å². The molecule has 2 saturated heterocycles. The van der Waals surface area contributed by atoms with E-state index in [2.05, 4.69) is 25.5 Å². The highest BCUT2D eigenvalue weighted by Crippen LogP contribution is 2.32. The molecule has 2 aliphatic heterocycles. The van der Waals surface area contributed by atoms with Gasteiger partial charge in [0.2, 0.25) is 5.91 Å². The Hall–Kier alpha value is -2.96. The summed E-state index contributed by atoms with van der Waals surface area (Å²) in [5.41, 5.74) is 2.74. The summed E-state index contributed by atoms with van der Waals surface area (Å²) in [5.74, 6) is 0.919.